The van der Waals surface area contributed by atoms with Gasteiger partial charge in [-0.05, 0) is 30.2 Å². The van der Waals surface area contributed by atoms with Crippen molar-refractivity contribution >= 4 is 0 Å². The van der Waals surface area contributed by atoms with Crippen LogP contribution in [-0.4, -0.2) is 6.54 Å². The monoisotopic (exact) mass is 171 g/mol. The lowest BCUT2D eigenvalue weighted by molar-refractivity contribution is 0.505. The maximum absolute atomic E-state index is 12.7. The molecule has 0 aliphatic carbocycles. The Kier molecular flexibility index (Phi) is 2.76. The summed E-state index contributed by atoms with van der Waals surface area (Å²) in [6.07, 6.45) is 0. The van der Waals surface area contributed by atoms with Gasteiger partial charge in [-0.15, -0.1) is 0 Å². The Morgan fingerprint density at radius 1 is 1.33 bits per heavy atom. The van der Waals surface area contributed by atoms with Crippen molar-refractivity contribution in [2.24, 2.45) is 5.73 Å². The highest BCUT2D eigenvalue weighted by Gasteiger charge is 2.06. The molecule has 0 fully saturated rings. The third-order valence-electron chi connectivity index (χ3n) is 1.87. The minimum absolute atomic E-state index is 0.0695. The average Bonchev–Trinajstić information content (AvgIpc) is 2.08. The molecule has 0 heterocycles. The first-order valence-corrected chi connectivity index (χ1v) is 3.80. The molecular formula is C9H11F2N. The zero-order valence-electron chi connectivity index (χ0n) is 6.85. The zero-order valence-corrected chi connectivity index (χ0v) is 6.85. The van der Waals surface area contributed by atoms with Gasteiger partial charge in [0.15, 0.2) is 11.6 Å². The fourth-order valence-electron chi connectivity index (χ4n) is 0.955. The van der Waals surface area contributed by atoms with E-state index in [2.05, 4.69) is 0 Å². The average molecular weight is 171 g/mol. The summed E-state index contributed by atoms with van der Waals surface area (Å²) in [7, 11) is 0. The van der Waals surface area contributed by atoms with Crippen molar-refractivity contribution in [2.75, 3.05) is 6.54 Å². The van der Waals surface area contributed by atoms with Gasteiger partial charge < -0.3 is 5.73 Å². The highest BCUT2D eigenvalue weighted by molar-refractivity contribution is 5.21. The van der Waals surface area contributed by atoms with Crippen molar-refractivity contribution in [3.8, 4) is 0 Å². The van der Waals surface area contributed by atoms with Gasteiger partial charge in [-0.3, -0.25) is 0 Å². The van der Waals surface area contributed by atoms with E-state index in [-0.39, 0.29) is 5.92 Å². The van der Waals surface area contributed by atoms with Crippen molar-refractivity contribution < 1.29 is 8.78 Å². The van der Waals surface area contributed by atoms with Crippen LogP contribution in [0, 0.1) is 11.6 Å². The maximum Gasteiger partial charge on any atom is 0.159 e. The fourth-order valence-corrected chi connectivity index (χ4v) is 0.955. The number of rotatable bonds is 2. The summed E-state index contributed by atoms with van der Waals surface area (Å²) in [5.41, 5.74) is 6.11. The Labute approximate surface area is 70.2 Å². The van der Waals surface area contributed by atoms with Crippen molar-refractivity contribution in [1.82, 2.24) is 0 Å². The normalized spacial score (nSPS) is 13.0. The predicted octanol–water partition coefficient (Wildman–Crippen LogP) is 2.03. The third-order valence-corrected chi connectivity index (χ3v) is 1.87. The van der Waals surface area contributed by atoms with Crippen molar-refractivity contribution in [1.29, 1.82) is 0 Å². The Balaban J connectivity index is 2.96. The summed E-state index contributed by atoms with van der Waals surface area (Å²) in [4.78, 5) is 0. The Bertz CT molecular complexity index is 273. The molecule has 1 aromatic rings. The van der Waals surface area contributed by atoms with Crippen LogP contribution in [0.1, 0.15) is 18.4 Å². The summed E-state index contributed by atoms with van der Waals surface area (Å²) < 4.78 is 25.1. The van der Waals surface area contributed by atoms with Crippen LogP contribution in [0.15, 0.2) is 18.2 Å². The van der Waals surface area contributed by atoms with Crippen LogP contribution in [0.3, 0.4) is 0 Å². The van der Waals surface area contributed by atoms with E-state index in [9.17, 15) is 8.78 Å². The summed E-state index contributed by atoms with van der Waals surface area (Å²) >= 11 is 0. The molecule has 1 rings (SSSR count). The van der Waals surface area contributed by atoms with E-state index in [1.807, 2.05) is 6.92 Å². The minimum atomic E-state index is -0.817. The van der Waals surface area contributed by atoms with E-state index in [0.717, 1.165) is 11.6 Å². The smallest absolute Gasteiger partial charge is 0.159 e. The van der Waals surface area contributed by atoms with E-state index in [4.69, 9.17) is 5.73 Å². The SMILES string of the molecule is C[C@H](CN)c1ccc(F)c(F)c1. The fraction of sp³-hybridized carbons (Fsp3) is 0.333. The molecular weight excluding hydrogens is 160 g/mol. The van der Waals surface area contributed by atoms with Gasteiger partial charge >= 0.3 is 0 Å². The highest BCUT2D eigenvalue weighted by Crippen LogP contribution is 2.16. The molecule has 66 valence electrons. The van der Waals surface area contributed by atoms with Gasteiger partial charge in [0.05, 0.1) is 0 Å². The van der Waals surface area contributed by atoms with Crippen LogP contribution in [0.2, 0.25) is 0 Å². The summed E-state index contributed by atoms with van der Waals surface area (Å²) in [6, 6.07) is 3.86. The lowest BCUT2D eigenvalue weighted by Crippen LogP contribution is -2.09. The molecule has 0 aliphatic heterocycles. The molecule has 1 aromatic carbocycles. The van der Waals surface area contributed by atoms with E-state index in [0.29, 0.717) is 6.54 Å². The summed E-state index contributed by atoms with van der Waals surface area (Å²) in [5, 5.41) is 0. The minimum Gasteiger partial charge on any atom is -0.330 e. The molecule has 0 saturated heterocycles. The lowest BCUT2D eigenvalue weighted by Gasteiger charge is -2.08. The van der Waals surface area contributed by atoms with Crippen LogP contribution in [0.4, 0.5) is 8.78 Å². The van der Waals surface area contributed by atoms with E-state index in [1.165, 1.54) is 6.07 Å². The van der Waals surface area contributed by atoms with Crippen molar-refractivity contribution in [3.05, 3.63) is 35.4 Å². The highest BCUT2D eigenvalue weighted by atomic mass is 19.2. The van der Waals surface area contributed by atoms with Crippen LogP contribution in [-0.2, 0) is 0 Å². The first-order chi connectivity index (χ1) is 5.65. The second-order valence-corrected chi connectivity index (χ2v) is 2.81. The quantitative estimate of drug-likeness (QED) is 0.723. The molecule has 0 radical (unpaired) electrons. The van der Waals surface area contributed by atoms with Gasteiger partial charge in [0.2, 0.25) is 0 Å². The van der Waals surface area contributed by atoms with Crippen LogP contribution in [0.5, 0.6) is 0 Å². The molecule has 2 N–H and O–H groups in total. The molecule has 0 aromatic heterocycles. The number of hydrogen-bond acceptors (Lipinski definition) is 1. The van der Waals surface area contributed by atoms with Crippen LogP contribution < -0.4 is 5.73 Å². The Morgan fingerprint density at radius 2 is 2.00 bits per heavy atom. The van der Waals surface area contributed by atoms with Gasteiger partial charge in [-0.2, -0.15) is 0 Å². The number of benzene rings is 1. The molecule has 0 aliphatic rings. The summed E-state index contributed by atoms with van der Waals surface area (Å²) in [6.45, 7) is 2.30. The van der Waals surface area contributed by atoms with Gasteiger partial charge in [0, 0.05) is 0 Å². The molecule has 12 heavy (non-hydrogen) atoms. The van der Waals surface area contributed by atoms with E-state index >= 15 is 0 Å². The van der Waals surface area contributed by atoms with Gasteiger partial charge in [-0.1, -0.05) is 13.0 Å². The maximum atomic E-state index is 12.7. The molecule has 0 amide bonds. The largest absolute Gasteiger partial charge is 0.330 e. The molecule has 0 spiro atoms. The Hall–Kier alpha value is -0.960. The first kappa shape index (κ1) is 9.13. The Morgan fingerprint density at radius 3 is 2.50 bits per heavy atom. The molecule has 3 heteroatoms. The number of nitrogens with two attached hydrogens (primary N) is 1. The van der Waals surface area contributed by atoms with Gasteiger partial charge in [-0.25, -0.2) is 8.78 Å². The topological polar surface area (TPSA) is 26.0 Å². The number of halogens is 2. The first-order valence-electron chi connectivity index (χ1n) is 3.80. The molecule has 1 nitrogen and oxygen atoms in total. The second kappa shape index (κ2) is 3.63. The van der Waals surface area contributed by atoms with Crippen molar-refractivity contribution in [2.45, 2.75) is 12.8 Å². The molecule has 0 unspecified atom stereocenters. The zero-order chi connectivity index (χ0) is 9.14. The van der Waals surface area contributed by atoms with Crippen molar-refractivity contribution in [3.63, 3.8) is 0 Å². The third kappa shape index (κ3) is 1.80. The van der Waals surface area contributed by atoms with E-state index in [1.54, 1.807) is 6.07 Å². The molecule has 1 atom stereocenters. The second-order valence-electron chi connectivity index (χ2n) is 2.81. The van der Waals surface area contributed by atoms with Crippen LogP contribution >= 0.6 is 0 Å². The predicted molar refractivity (Wildman–Crippen MR) is 43.8 cm³/mol. The van der Waals surface area contributed by atoms with Gasteiger partial charge in [0.25, 0.3) is 0 Å². The molecule has 0 bridgehead atoms. The standard InChI is InChI=1S/C9H11F2N/c1-6(5-12)7-2-3-8(10)9(11)4-7/h2-4,6H,5,12H2,1H3/t6-/m1/s1. The molecule has 0 saturated carbocycles. The lowest BCUT2D eigenvalue weighted by atomic mass is 10.0. The van der Waals surface area contributed by atoms with Crippen LogP contribution in [0.25, 0.3) is 0 Å². The summed E-state index contributed by atoms with van der Waals surface area (Å²) in [5.74, 6) is -1.56. The van der Waals surface area contributed by atoms with Gasteiger partial charge in [0.1, 0.15) is 0 Å². The van der Waals surface area contributed by atoms with E-state index < -0.39 is 11.6 Å². The number of hydrogen-bond donors (Lipinski definition) is 1.